The van der Waals surface area contributed by atoms with Gasteiger partial charge in [-0.1, -0.05) is 55.3 Å². The standard InChI is InChI=1S/C18H26Cl2N2O3S/c1-13(18(23)21-15-8-6-4-3-5-7-9-15)22(26(2,24)25)17-12-14(19)10-11-16(17)20/h10-13,15H,3-9H2,1-2H3,(H,21,23)/t13-/m0/s1. The molecule has 8 heteroatoms. The van der Waals surface area contributed by atoms with Crippen molar-refractivity contribution in [2.24, 2.45) is 0 Å². The summed E-state index contributed by atoms with van der Waals surface area (Å²) in [5, 5.41) is 3.60. The molecular formula is C18H26Cl2N2O3S. The number of nitrogens with zero attached hydrogens (tertiary/aromatic N) is 1. The molecule has 0 aliphatic heterocycles. The summed E-state index contributed by atoms with van der Waals surface area (Å²) < 4.78 is 25.8. The molecule has 0 bridgehead atoms. The fraction of sp³-hybridized carbons (Fsp3) is 0.611. The van der Waals surface area contributed by atoms with Crippen LogP contribution in [0.3, 0.4) is 0 Å². The predicted octanol–water partition coefficient (Wildman–Crippen LogP) is 4.38. The van der Waals surface area contributed by atoms with E-state index in [2.05, 4.69) is 5.32 Å². The Hall–Kier alpha value is -0.980. The van der Waals surface area contributed by atoms with E-state index in [4.69, 9.17) is 23.2 Å². The highest BCUT2D eigenvalue weighted by molar-refractivity contribution is 7.92. The Kier molecular flexibility index (Phi) is 7.62. The average Bonchev–Trinajstić information content (AvgIpc) is 2.52. The minimum absolute atomic E-state index is 0.0847. The van der Waals surface area contributed by atoms with Gasteiger partial charge in [0.1, 0.15) is 6.04 Å². The number of hydrogen-bond acceptors (Lipinski definition) is 3. The summed E-state index contributed by atoms with van der Waals surface area (Å²) in [5.41, 5.74) is 0.210. The molecule has 1 fully saturated rings. The first-order chi connectivity index (χ1) is 12.2. The Morgan fingerprint density at radius 1 is 1.15 bits per heavy atom. The fourth-order valence-corrected chi connectivity index (χ4v) is 4.96. The first-order valence-corrected chi connectivity index (χ1v) is 11.6. The molecule has 1 aromatic rings. The molecule has 0 saturated heterocycles. The quantitative estimate of drug-likeness (QED) is 0.768. The van der Waals surface area contributed by atoms with E-state index in [0.29, 0.717) is 5.02 Å². The molecule has 2 rings (SSSR count). The van der Waals surface area contributed by atoms with Gasteiger partial charge in [-0.15, -0.1) is 0 Å². The van der Waals surface area contributed by atoms with Gasteiger partial charge < -0.3 is 5.32 Å². The van der Waals surface area contributed by atoms with Crippen molar-refractivity contribution in [3.63, 3.8) is 0 Å². The van der Waals surface area contributed by atoms with Crippen molar-refractivity contribution in [2.75, 3.05) is 10.6 Å². The highest BCUT2D eigenvalue weighted by atomic mass is 35.5. The maximum atomic E-state index is 12.8. The van der Waals surface area contributed by atoms with Crippen LogP contribution in [0.2, 0.25) is 10.0 Å². The maximum Gasteiger partial charge on any atom is 0.243 e. The molecule has 1 saturated carbocycles. The second-order valence-corrected chi connectivity index (χ2v) is 9.58. The largest absolute Gasteiger partial charge is 0.352 e. The number of hydrogen-bond donors (Lipinski definition) is 1. The minimum Gasteiger partial charge on any atom is -0.352 e. The van der Waals surface area contributed by atoms with Crippen LogP contribution in [-0.2, 0) is 14.8 Å². The molecule has 5 nitrogen and oxygen atoms in total. The number of rotatable bonds is 5. The van der Waals surface area contributed by atoms with Crippen molar-refractivity contribution < 1.29 is 13.2 Å². The topological polar surface area (TPSA) is 66.5 Å². The molecule has 146 valence electrons. The SMILES string of the molecule is C[C@@H](C(=O)NC1CCCCCCC1)N(c1cc(Cl)ccc1Cl)S(C)(=O)=O. The van der Waals surface area contributed by atoms with Crippen LogP contribution >= 0.6 is 23.2 Å². The van der Waals surface area contributed by atoms with Crippen molar-refractivity contribution in [1.82, 2.24) is 5.32 Å². The van der Waals surface area contributed by atoms with Crippen LogP contribution in [0, 0.1) is 0 Å². The van der Waals surface area contributed by atoms with Gasteiger partial charge in [-0.05, 0) is 38.0 Å². The molecule has 0 spiro atoms. The number of carbonyl (C=O) groups is 1. The molecule has 1 amide bonds. The molecule has 0 aromatic heterocycles. The number of anilines is 1. The second-order valence-electron chi connectivity index (χ2n) is 6.88. The van der Waals surface area contributed by atoms with Crippen molar-refractivity contribution >= 4 is 44.8 Å². The third kappa shape index (κ3) is 5.76. The predicted molar refractivity (Wildman–Crippen MR) is 107 cm³/mol. The van der Waals surface area contributed by atoms with Crippen molar-refractivity contribution in [3.8, 4) is 0 Å². The lowest BCUT2D eigenvalue weighted by Crippen LogP contribution is -2.50. The molecular weight excluding hydrogens is 395 g/mol. The van der Waals surface area contributed by atoms with Gasteiger partial charge in [-0.25, -0.2) is 8.42 Å². The Balaban J connectivity index is 2.22. The summed E-state index contributed by atoms with van der Waals surface area (Å²) in [6.07, 6.45) is 8.66. The lowest BCUT2D eigenvalue weighted by molar-refractivity contribution is -0.122. The van der Waals surface area contributed by atoms with E-state index in [0.717, 1.165) is 36.2 Å². The molecule has 0 unspecified atom stereocenters. The zero-order valence-corrected chi connectivity index (χ0v) is 17.5. The number of amides is 1. The summed E-state index contributed by atoms with van der Waals surface area (Å²) in [7, 11) is -3.73. The summed E-state index contributed by atoms with van der Waals surface area (Å²) in [6.45, 7) is 1.57. The zero-order valence-electron chi connectivity index (χ0n) is 15.2. The molecule has 1 aliphatic rings. The van der Waals surface area contributed by atoms with Gasteiger partial charge >= 0.3 is 0 Å². The third-order valence-corrected chi connectivity index (χ3v) is 6.47. The van der Waals surface area contributed by atoms with Crippen LogP contribution in [0.4, 0.5) is 5.69 Å². The number of nitrogens with one attached hydrogen (secondary N) is 1. The van der Waals surface area contributed by atoms with Gasteiger partial charge in [0.15, 0.2) is 0 Å². The van der Waals surface area contributed by atoms with Gasteiger partial charge in [0.25, 0.3) is 0 Å². The first-order valence-electron chi connectivity index (χ1n) is 8.95. The minimum atomic E-state index is -3.73. The molecule has 1 N–H and O–H groups in total. The second kappa shape index (κ2) is 9.29. The summed E-state index contributed by atoms with van der Waals surface area (Å²) in [5.74, 6) is -0.322. The number of benzene rings is 1. The first kappa shape index (κ1) is 21.3. The van der Waals surface area contributed by atoms with E-state index >= 15 is 0 Å². The monoisotopic (exact) mass is 420 g/mol. The average molecular weight is 421 g/mol. The van der Waals surface area contributed by atoms with Crippen molar-refractivity contribution in [1.29, 1.82) is 0 Å². The normalized spacial score (nSPS) is 17.8. The molecule has 26 heavy (non-hydrogen) atoms. The molecule has 0 radical (unpaired) electrons. The molecule has 1 aliphatic carbocycles. The zero-order chi connectivity index (χ0) is 19.3. The Morgan fingerprint density at radius 3 is 2.31 bits per heavy atom. The van der Waals surface area contributed by atoms with E-state index in [9.17, 15) is 13.2 Å². The summed E-state index contributed by atoms with van der Waals surface area (Å²) in [4.78, 5) is 12.8. The van der Waals surface area contributed by atoms with E-state index in [-0.39, 0.29) is 22.7 Å². The van der Waals surface area contributed by atoms with Gasteiger partial charge in [-0.3, -0.25) is 9.10 Å². The Labute approximate surface area is 166 Å². The van der Waals surface area contributed by atoms with Gasteiger partial charge in [-0.2, -0.15) is 0 Å². The van der Waals surface area contributed by atoms with Crippen LogP contribution in [0.15, 0.2) is 18.2 Å². The summed E-state index contributed by atoms with van der Waals surface area (Å²) in [6, 6.07) is 3.72. The Morgan fingerprint density at radius 2 is 1.73 bits per heavy atom. The maximum absolute atomic E-state index is 12.8. The van der Waals surface area contributed by atoms with Crippen molar-refractivity contribution in [3.05, 3.63) is 28.2 Å². The fourth-order valence-electron chi connectivity index (χ4n) is 3.36. The lowest BCUT2D eigenvalue weighted by atomic mass is 9.96. The van der Waals surface area contributed by atoms with Gasteiger partial charge in [0, 0.05) is 11.1 Å². The van der Waals surface area contributed by atoms with Crippen LogP contribution in [0.5, 0.6) is 0 Å². The van der Waals surface area contributed by atoms with E-state index in [1.54, 1.807) is 13.0 Å². The van der Waals surface area contributed by atoms with E-state index in [1.807, 2.05) is 0 Å². The number of halogens is 2. The van der Waals surface area contributed by atoms with Crippen LogP contribution in [0.25, 0.3) is 0 Å². The Bertz CT molecular complexity index is 732. The van der Waals surface area contributed by atoms with Gasteiger partial charge in [0.05, 0.1) is 17.0 Å². The van der Waals surface area contributed by atoms with E-state index in [1.165, 1.54) is 31.4 Å². The molecule has 1 atom stereocenters. The highest BCUT2D eigenvalue weighted by Gasteiger charge is 2.31. The number of carbonyl (C=O) groups excluding carboxylic acids is 1. The summed E-state index contributed by atoms with van der Waals surface area (Å²) >= 11 is 12.2. The number of sulfonamides is 1. The van der Waals surface area contributed by atoms with E-state index < -0.39 is 16.1 Å². The highest BCUT2D eigenvalue weighted by Crippen LogP contribution is 2.32. The van der Waals surface area contributed by atoms with Gasteiger partial charge in [0.2, 0.25) is 15.9 Å². The van der Waals surface area contributed by atoms with Crippen LogP contribution < -0.4 is 9.62 Å². The van der Waals surface area contributed by atoms with Crippen LogP contribution in [-0.4, -0.2) is 32.7 Å². The molecule has 0 heterocycles. The van der Waals surface area contributed by atoms with Crippen molar-refractivity contribution in [2.45, 2.75) is 64.0 Å². The third-order valence-electron chi connectivity index (χ3n) is 4.69. The molecule has 1 aromatic carbocycles. The smallest absolute Gasteiger partial charge is 0.243 e. The lowest BCUT2D eigenvalue weighted by Gasteiger charge is -2.31. The van der Waals surface area contributed by atoms with Crippen LogP contribution in [0.1, 0.15) is 51.9 Å².